The minimum atomic E-state index is -1.77. The molecule has 2 fully saturated rings. The molecule has 1 spiro atoms. The van der Waals surface area contributed by atoms with Crippen LogP contribution in [0.15, 0.2) is 51.9 Å². The zero-order valence-electron chi connectivity index (χ0n) is 21.3. The van der Waals surface area contributed by atoms with Crippen LogP contribution in [0.1, 0.15) is 19.4 Å². The van der Waals surface area contributed by atoms with Gasteiger partial charge < -0.3 is 14.2 Å². The van der Waals surface area contributed by atoms with E-state index in [-0.39, 0.29) is 46.4 Å². The van der Waals surface area contributed by atoms with Crippen LogP contribution in [0.5, 0.6) is 0 Å². The second-order valence-electron chi connectivity index (χ2n) is 10.3. The molecular formula is C27H22FN5O6S. The fraction of sp³-hybridized carbons (Fsp3) is 0.296. The van der Waals surface area contributed by atoms with E-state index in [1.165, 1.54) is 4.57 Å². The topological polar surface area (TPSA) is 136 Å². The number of rotatable bonds is 2. The fourth-order valence-electron chi connectivity index (χ4n) is 6.33. The number of aromatic nitrogens is 2. The van der Waals surface area contributed by atoms with Crippen molar-refractivity contribution in [3.8, 4) is 16.3 Å². The van der Waals surface area contributed by atoms with Gasteiger partial charge in [-0.15, -0.1) is 0 Å². The normalized spacial score (nSPS) is 23.6. The Kier molecular flexibility index (Phi) is 5.28. The van der Waals surface area contributed by atoms with E-state index in [1.807, 2.05) is 37.3 Å². The Morgan fingerprint density at radius 3 is 2.55 bits per heavy atom. The number of ether oxygens (including phenoxy) is 1. The first-order chi connectivity index (χ1) is 19.2. The maximum absolute atomic E-state index is 16.3. The van der Waals surface area contributed by atoms with Gasteiger partial charge in [-0.05, 0) is 31.0 Å². The summed E-state index contributed by atoms with van der Waals surface area (Å²) in [7, 11) is 0. The molecule has 0 saturated carbocycles. The van der Waals surface area contributed by atoms with Crippen molar-refractivity contribution < 1.29 is 28.0 Å². The van der Waals surface area contributed by atoms with Gasteiger partial charge in [0.2, 0.25) is 17.4 Å². The zero-order valence-corrected chi connectivity index (χ0v) is 22.1. The van der Waals surface area contributed by atoms with E-state index in [0.29, 0.717) is 10.4 Å². The van der Waals surface area contributed by atoms with Gasteiger partial charge in [-0.25, -0.2) is 9.18 Å². The summed E-state index contributed by atoms with van der Waals surface area (Å²) in [5.41, 5.74) is -0.557. The lowest BCUT2D eigenvalue weighted by Gasteiger charge is -2.55. The Morgan fingerprint density at radius 1 is 1.10 bits per heavy atom. The molecular weight excluding hydrogens is 541 g/mol. The van der Waals surface area contributed by atoms with E-state index in [9.17, 15) is 19.2 Å². The van der Waals surface area contributed by atoms with Crippen LogP contribution in [-0.4, -0.2) is 52.4 Å². The molecule has 0 bridgehead atoms. The van der Waals surface area contributed by atoms with Crippen molar-refractivity contribution in [2.24, 2.45) is 5.41 Å². The lowest BCUT2D eigenvalue weighted by atomic mass is 9.66. The number of nitrogens with one attached hydrogen (secondary N) is 2. The number of halogens is 1. The molecule has 2 N–H and O–H groups in total. The van der Waals surface area contributed by atoms with Gasteiger partial charge in [0, 0.05) is 19.2 Å². The average Bonchev–Trinajstić information content (AvgIpc) is 3.50. The smallest absolute Gasteiger partial charge is 0.328 e. The lowest BCUT2D eigenvalue weighted by Crippen LogP contribution is -2.75. The number of fused-ring (bicyclic) bond motifs is 5. The van der Waals surface area contributed by atoms with Crippen molar-refractivity contribution in [1.29, 1.82) is 0 Å². The standard InChI is InChI=1S/C27H22FN5O6S/c1-12-10-32-19-15(9-27(21(32)13(2)38-12)23(34)29-25(36)30-24(27)35)8-16-20(18(19)28)39-31-22(16)33-11-17(40-26(33)37)14-6-4-3-5-7-14/h3-8,11-13,21H,9-10H2,1-2H3,(H2,29,30,34,35,36)/t12-,13+,21-/m1/s1. The minimum absolute atomic E-state index is 0.0905. The third-order valence-corrected chi connectivity index (χ3v) is 8.81. The van der Waals surface area contributed by atoms with E-state index >= 15 is 4.39 Å². The zero-order chi connectivity index (χ0) is 27.9. The third kappa shape index (κ3) is 3.34. The summed E-state index contributed by atoms with van der Waals surface area (Å²) in [6.45, 7) is 3.72. The molecule has 4 amide bonds. The number of amides is 4. The number of thiazole rings is 1. The summed E-state index contributed by atoms with van der Waals surface area (Å²) >= 11 is 1.01. The minimum Gasteiger partial charge on any atom is -0.372 e. The highest BCUT2D eigenvalue weighted by Crippen LogP contribution is 2.49. The van der Waals surface area contributed by atoms with Crippen LogP contribution >= 0.6 is 11.3 Å². The number of hydrogen-bond acceptors (Lipinski definition) is 9. The van der Waals surface area contributed by atoms with Crippen molar-refractivity contribution in [2.45, 2.75) is 38.5 Å². The predicted octanol–water partition coefficient (Wildman–Crippen LogP) is 2.74. The molecule has 7 rings (SSSR count). The number of nitrogens with zero attached hydrogens (tertiary/aromatic N) is 3. The molecule has 5 heterocycles. The molecule has 204 valence electrons. The monoisotopic (exact) mass is 563 g/mol. The number of carbonyl (C=O) groups excluding carboxylic acids is 3. The molecule has 40 heavy (non-hydrogen) atoms. The quantitative estimate of drug-likeness (QED) is 0.356. The van der Waals surface area contributed by atoms with Gasteiger partial charge in [0.1, 0.15) is 0 Å². The van der Waals surface area contributed by atoms with Gasteiger partial charge in [0.25, 0.3) is 0 Å². The first kappa shape index (κ1) is 24.7. The number of morpholine rings is 1. The van der Waals surface area contributed by atoms with E-state index in [2.05, 4.69) is 15.8 Å². The summed E-state index contributed by atoms with van der Waals surface area (Å²) in [5, 5.41) is 8.70. The molecule has 13 heteroatoms. The Bertz CT molecular complexity index is 1780. The highest BCUT2D eigenvalue weighted by Gasteiger charge is 2.63. The second-order valence-corrected chi connectivity index (χ2v) is 11.3. The second kappa shape index (κ2) is 8.57. The Labute approximate surface area is 229 Å². The largest absolute Gasteiger partial charge is 0.372 e. The van der Waals surface area contributed by atoms with Crippen molar-refractivity contribution in [3.63, 3.8) is 0 Å². The van der Waals surface area contributed by atoms with E-state index in [0.717, 1.165) is 16.9 Å². The molecule has 0 unspecified atom stereocenters. The number of anilines is 1. The molecule has 0 aliphatic carbocycles. The van der Waals surface area contributed by atoms with Gasteiger partial charge in [0.05, 0.1) is 34.2 Å². The maximum atomic E-state index is 16.3. The number of barbiturate groups is 1. The van der Waals surface area contributed by atoms with Gasteiger partial charge in [-0.2, -0.15) is 0 Å². The van der Waals surface area contributed by atoms with Crippen LogP contribution in [0.2, 0.25) is 0 Å². The first-order valence-electron chi connectivity index (χ1n) is 12.7. The van der Waals surface area contributed by atoms with Crippen LogP contribution in [0.4, 0.5) is 14.9 Å². The number of imide groups is 2. The van der Waals surface area contributed by atoms with E-state index in [4.69, 9.17) is 9.26 Å². The molecule has 0 radical (unpaired) electrons. The first-order valence-corrected chi connectivity index (χ1v) is 13.5. The van der Waals surface area contributed by atoms with Crippen molar-refractivity contribution >= 4 is 45.8 Å². The van der Waals surface area contributed by atoms with Crippen LogP contribution in [-0.2, 0) is 20.7 Å². The highest BCUT2D eigenvalue weighted by atomic mass is 32.1. The molecule has 11 nitrogen and oxygen atoms in total. The van der Waals surface area contributed by atoms with Crippen molar-refractivity contribution in [2.75, 3.05) is 11.4 Å². The summed E-state index contributed by atoms with van der Waals surface area (Å²) in [4.78, 5) is 53.8. The van der Waals surface area contributed by atoms with Gasteiger partial charge in [0.15, 0.2) is 17.1 Å². The number of hydrogen-bond donors (Lipinski definition) is 2. The Morgan fingerprint density at radius 2 is 1.82 bits per heavy atom. The third-order valence-electron chi connectivity index (χ3n) is 7.87. The SMILES string of the molecule is C[C@@H]1CN2c3c(cc4c(-n5cc(-c6ccccc6)sc5=O)noc4c3F)CC3(C(=O)NC(=O)NC3=O)[C@H]2[C@H](C)O1. The Balaban J connectivity index is 1.43. The number of benzene rings is 2. The van der Waals surface area contributed by atoms with Gasteiger partial charge in [-0.3, -0.25) is 29.6 Å². The Hall–Kier alpha value is -4.36. The van der Waals surface area contributed by atoms with Crippen LogP contribution in [0.3, 0.4) is 0 Å². The molecule has 2 aromatic heterocycles. The average molecular weight is 564 g/mol. The molecule has 3 atom stereocenters. The van der Waals surface area contributed by atoms with Crippen LogP contribution in [0.25, 0.3) is 27.2 Å². The summed E-state index contributed by atoms with van der Waals surface area (Å²) in [5.74, 6) is -2.18. The van der Waals surface area contributed by atoms with Crippen molar-refractivity contribution in [1.82, 2.24) is 20.4 Å². The molecule has 2 saturated heterocycles. The number of carbonyl (C=O) groups is 3. The molecule has 4 aromatic rings. The maximum Gasteiger partial charge on any atom is 0.328 e. The van der Waals surface area contributed by atoms with E-state index in [1.54, 1.807) is 24.1 Å². The molecule has 2 aromatic carbocycles. The number of urea groups is 1. The summed E-state index contributed by atoms with van der Waals surface area (Å²) in [6.07, 6.45) is 0.421. The van der Waals surface area contributed by atoms with Gasteiger partial charge >= 0.3 is 10.9 Å². The fourth-order valence-corrected chi connectivity index (χ4v) is 7.17. The molecule has 3 aliphatic heterocycles. The lowest BCUT2D eigenvalue weighted by molar-refractivity contribution is -0.153. The summed E-state index contributed by atoms with van der Waals surface area (Å²) < 4.78 is 29.1. The van der Waals surface area contributed by atoms with Crippen LogP contribution in [0, 0.1) is 11.2 Å². The summed E-state index contributed by atoms with van der Waals surface area (Å²) in [6, 6.07) is 9.13. The van der Waals surface area contributed by atoms with Crippen LogP contribution < -0.4 is 20.4 Å². The van der Waals surface area contributed by atoms with E-state index < -0.39 is 41.2 Å². The van der Waals surface area contributed by atoms with Crippen molar-refractivity contribution in [3.05, 3.63) is 63.6 Å². The predicted molar refractivity (Wildman–Crippen MR) is 142 cm³/mol. The highest BCUT2D eigenvalue weighted by molar-refractivity contribution is 7.12. The van der Waals surface area contributed by atoms with Gasteiger partial charge in [-0.1, -0.05) is 46.8 Å². The molecule has 3 aliphatic rings.